The largest absolute Gasteiger partial charge is 0.508 e. The molecule has 0 amide bonds. The van der Waals surface area contributed by atoms with E-state index in [1.165, 1.54) is 31.0 Å². The van der Waals surface area contributed by atoms with Crippen molar-refractivity contribution in [2.24, 2.45) is 5.92 Å². The van der Waals surface area contributed by atoms with E-state index in [9.17, 15) is 9.50 Å². The molecule has 0 heterocycles. The Balaban J connectivity index is 2.02. The summed E-state index contributed by atoms with van der Waals surface area (Å²) in [6.07, 6.45) is 2.33. The number of rotatable bonds is 3. The Morgan fingerprint density at radius 2 is 2.12 bits per heavy atom. The Morgan fingerprint density at radius 1 is 1.44 bits per heavy atom. The van der Waals surface area contributed by atoms with Crippen LogP contribution in [0, 0.1) is 11.7 Å². The Morgan fingerprint density at radius 3 is 2.75 bits per heavy atom. The van der Waals surface area contributed by atoms with Crippen molar-refractivity contribution >= 4 is 0 Å². The minimum atomic E-state index is -0.302. The zero-order valence-electron chi connectivity index (χ0n) is 9.70. The van der Waals surface area contributed by atoms with Gasteiger partial charge in [-0.1, -0.05) is 6.92 Å². The third kappa shape index (κ3) is 2.35. The summed E-state index contributed by atoms with van der Waals surface area (Å²) >= 11 is 0. The van der Waals surface area contributed by atoms with Crippen LogP contribution in [0.4, 0.5) is 4.39 Å². The molecule has 1 aromatic rings. The Hall–Kier alpha value is -1.09. The van der Waals surface area contributed by atoms with Crippen molar-refractivity contribution < 1.29 is 9.50 Å². The molecule has 0 spiro atoms. The summed E-state index contributed by atoms with van der Waals surface area (Å²) in [5.74, 6) is 0.642. The first-order valence-electron chi connectivity index (χ1n) is 5.80. The number of benzene rings is 1. The lowest BCUT2D eigenvalue weighted by molar-refractivity contribution is 0.225. The fraction of sp³-hybridized carbons (Fsp3) is 0.538. The van der Waals surface area contributed by atoms with Crippen LogP contribution < -0.4 is 5.32 Å². The third-order valence-electron chi connectivity index (χ3n) is 3.32. The van der Waals surface area contributed by atoms with Crippen molar-refractivity contribution in [3.05, 3.63) is 29.6 Å². The zero-order chi connectivity index (χ0) is 11.7. The minimum Gasteiger partial charge on any atom is -0.508 e. The lowest BCUT2D eigenvalue weighted by Crippen LogP contribution is -2.41. The molecule has 3 heteroatoms. The van der Waals surface area contributed by atoms with Gasteiger partial charge in [-0.15, -0.1) is 0 Å². The lowest BCUT2D eigenvalue weighted by Gasteiger charge is -2.35. The summed E-state index contributed by atoms with van der Waals surface area (Å²) in [5, 5.41) is 13.1. The Bertz CT molecular complexity index is 374. The molecule has 2 rings (SSSR count). The van der Waals surface area contributed by atoms with E-state index in [0.717, 1.165) is 5.92 Å². The van der Waals surface area contributed by atoms with Gasteiger partial charge < -0.3 is 10.4 Å². The molecule has 16 heavy (non-hydrogen) atoms. The number of hydrogen-bond donors (Lipinski definition) is 2. The molecule has 1 aromatic carbocycles. The van der Waals surface area contributed by atoms with Crippen LogP contribution in [0.3, 0.4) is 0 Å². The standard InChI is InChI=1S/C13H18FNO/c1-8-5-11(6-8)15-9(2)12-7-10(14)3-4-13(12)16/h3-4,7-9,11,15-16H,5-6H2,1-2H3. The molecule has 88 valence electrons. The van der Waals surface area contributed by atoms with Gasteiger partial charge in [-0.2, -0.15) is 0 Å². The summed E-state index contributed by atoms with van der Waals surface area (Å²) in [7, 11) is 0. The first-order chi connectivity index (χ1) is 7.56. The number of hydrogen-bond acceptors (Lipinski definition) is 2. The van der Waals surface area contributed by atoms with Gasteiger partial charge in [-0.05, 0) is 43.9 Å². The van der Waals surface area contributed by atoms with Crippen LogP contribution in [-0.4, -0.2) is 11.1 Å². The fourth-order valence-electron chi connectivity index (χ4n) is 2.35. The van der Waals surface area contributed by atoms with Crippen molar-refractivity contribution in [1.29, 1.82) is 0 Å². The number of halogens is 1. The predicted molar refractivity (Wildman–Crippen MR) is 61.8 cm³/mol. The van der Waals surface area contributed by atoms with Crippen LogP contribution in [0.25, 0.3) is 0 Å². The van der Waals surface area contributed by atoms with Crippen molar-refractivity contribution in [2.45, 2.75) is 38.8 Å². The summed E-state index contributed by atoms with van der Waals surface area (Å²) in [6.45, 7) is 4.18. The molecular formula is C13H18FNO. The predicted octanol–water partition coefficient (Wildman–Crippen LogP) is 2.98. The van der Waals surface area contributed by atoms with Crippen molar-refractivity contribution in [3.8, 4) is 5.75 Å². The zero-order valence-corrected chi connectivity index (χ0v) is 9.70. The van der Waals surface area contributed by atoms with Crippen LogP contribution in [0.1, 0.15) is 38.3 Å². The molecule has 1 aliphatic carbocycles. The van der Waals surface area contributed by atoms with E-state index in [4.69, 9.17) is 0 Å². The van der Waals surface area contributed by atoms with E-state index >= 15 is 0 Å². The van der Waals surface area contributed by atoms with E-state index in [0.29, 0.717) is 11.6 Å². The highest BCUT2D eigenvalue weighted by Crippen LogP contribution is 2.31. The van der Waals surface area contributed by atoms with E-state index < -0.39 is 0 Å². The monoisotopic (exact) mass is 223 g/mol. The molecule has 2 nitrogen and oxygen atoms in total. The highest BCUT2D eigenvalue weighted by molar-refractivity contribution is 5.34. The summed E-state index contributed by atoms with van der Waals surface area (Å²) in [4.78, 5) is 0. The Kier molecular flexibility index (Phi) is 3.15. The maximum absolute atomic E-state index is 13.1. The average Bonchev–Trinajstić information content (AvgIpc) is 2.19. The molecule has 0 saturated heterocycles. The molecule has 1 atom stereocenters. The van der Waals surface area contributed by atoms with Gasteiger partial charge in [0.1, 0.15) is 11.6 Å². The van der Waals surface area contributed by atoms with E-state index in [1.807, 2.05) is 6.92 Å². The molecular weight excluding hydrogens is 205 g/mol. The van der Waals surface area contributed by atoms with E-state index in [2.05, 4.69) is 12.2 Å². The molecule has 0 radical (unpaired) electrons. The van der Waals surface area contributed by atoms with Crippen LogP contribution in [0.2, 0.25) is 0 Å². The SMILES string of the molecule is CC1CC(NC(C)c2cc(F)ccc2O)C1. The minimum absolute atomic E-state index is 0.00630. The molecule has 0 bridgehead atoms. The maximum Gasteiger partial charge on any atom is 0.123 e. The van der Waals surface area contributed by atoms with E-state index in [-0.39, 0.29) is 17.6 Å². The van der Waals surface area contributed by atoms with Gasteiger partial charge in [0.25, 0.3) is 0 Å². The summed E-state index contributed by atoms with van der Waals surface area (Å²) < 4.78 is 13.1. The average molecular weight is 223 g/mol. The number of phenols is 1. The van der Waals surface area contributed by atoms with Gasteiger partial charge >= 0.3 is 0 Å². The summed E-state index contributed by atoms with van der Waals surface area (Å²) in [6, 6.07) is 4.58. The molecule has 0 aliphatic heterocycles. The van der Waals surface area contributed by atoms with Gasteiger partial charge in [0.05, 0.1) is 0 Å². The smallest absolute Gasteiger partial charge is 0.123 e. The maximum atomic E-state index is 13.1. The lowest BCUT2D eigenvalue weighted by atomic mass is 9.81. The van der Waals surface area contributed by atoms with Crippen LogP contribution in [0.5, 0.6) is 5.75 Å². The normalized spacial score (nSPS) is 26.2. The van der Waals surface area contributed by atoms with Gasteiger partial charge in [0.2, 0.25) is 0 Å². The van der Waals surface area contributed by atoms with Crippen LogP contribution >= 0.6 is 0 Å². The topological polar surface area (TPSA) is 32.3 Å². The first-order valence-corrected chi connectivity index (χ1v) is 5.80. The second kappa shape index (κ2) is 4.42. The number of phenolic OH excluding ortho intramolecular Hbond substituents is 1. The van der Waals surface area contributed by atoms with Crippen LogP contribution in [-0.2, 0) is 0 Å². The highest BCUT2D eigenvalue weighted by atomic mass is 19.1. The molecule has 2 N–H and O–H groups in total. The second-order valence-corrected chi connectivity index (χ2v) is 4.86. The van der Waals surface area contributed by atoms with Crippen molar-refractivity contribution in [2.75, 3.05) is 0 Å². The molecule has 1 saturated carbocycles. The fourth-order valence-corrected chi connectivity index (χ4v) is 2.35. The van der Waals surface area contributed by atoms with E-state index in [1.54, 1.807) is 0 Å². The van der Waals surface area contributed by atoms with Gasteiger partial charge in [0, 0.05) is 17.6 Å². The van der Waals surface area contributed by atoms with Gasteiger partial charge in [0.15, 0.2) is 0 Å². The van der Waals surface area contributed by atoms with Crippen molar-refractivity contribution in [1.82, 2.24) is 5.32 Å². The molecule has 1 fully saturated rings. The highest BCUT2D eigenvalue weighted by Gasteiger charge is 2.27. The van der Waals surface area contributed by atoms with Gasteiger partial charge in [-0.3, -0.25) is 0 Å². The number of nitrogens with one attached hydrogen (secondary N) is 1. The third-order valence-corrected chi connectivity index (χ3v) is 3.32. The molecule has 1 unspecified atom stereocenters. The Labute approximate surface area is 95.5 Å². The van der Waals surface area contributed by atoms with Crippen LogP contribution in [0.15, 0.2) is 18.2 Å². The first kappa shape index (κ1) is 11.4. The molecule has 1 aliphatic rings. The van der Waals surface area contributed by atoms with Crippen molar-refractivity contribution in [3.63, 3.8) is 0 Å². The summed E-state index contributed by atoms with van der Waals surface area (Å²) in [5.41, 5.74) is 0.638. The quantitative estimate of drug-likeness (QED) is 0.825. The molecule has 0 aromatic heterocycles. The van der Waals surface area contributed by atoms with Gasteiger partial charge in [-0.25, -0.2) is 4.39 Å². The second-order valence-electron chi connectivity index (χ2n) is 4.86. The number of aromatic hydroxyl groups is 1.